The molecule has 2 rings (SSSR count). The fourth-order valence-corrected chi connectivity index (χ4v) is 1.75. The number of benzene rings is 1. The van der Waals surface area contributed by atoms with E-state index in [1.54, 1.807) is 12.4 Å². The molecule has 0 saturated heterocycles. The average molecular weight is 293 g/mol. The van der Waals surface area contributed by atoms with E-state index in [4.69, 9.17) is 4.74 Å². The third-order valence-electron chi connectivity index (χ3n) is 2.25. The van der Waals surface area contributed by atoms with E-state index in [-0.39, 0.29) is 0 Å². The zero-order valence-corrected chi connectivity index (χ0v) is 11.3. The number of anilines is 1. The molecule has 1 heterocycles. The maximum atomic E-state index is 5.73. The maximum absolute atomic E-state index is 5.73. The minimum absolute atomic E-state index is 0.718. The van der Waals surface area contributed by atoms with Crippen molar-refractivity contribution in [3.05, 3.63) is 47.2 Å². The standard InChI is InChI=1S/C13H13BrN2O/c1-16(2)11-4-3-5-12(7-11)17-13-6-10(14)8-15-9-13/h3-9H,1-2H3. The van der Waals surface area contributed by atoms with Gasteiger partial charge in [0.25, 0.3) is 0 Å². The van der Waals surface area contributed by atoms with Crippen LogP contribution in [0, 0.1) is 0 Å². The van der Waals surface area contributed by atoms with Gasteiger partial charge < -0.3 is 9.64 Å². The van der Waals surface area contributed by atoms with Crippen molar-refractivity contribution in [2.45, 2.75) is 0 Å². The summed E-state index contributed by atoms with van der Waals surface area (Å²) in [4.78, 5) is 6.09. The molecule has 88 valence electrons. The molecule has 0 spiro atoms. The van der Waals surface area contributed by atoms with Gasteiger partial charge in [-0.25, -0.2) is 0 Å². The summed E-state index contributed by atoms with van der Waals surface area (Å²) in [7, 11) is 4.00. The van der Waals surface area contributed by atoms with Crippen LogP contribution in [0.15, 0.2) is 47.2 Å². The van der Waals surface area contributed by atoms with Crippen molar-refractivity contribution in [1.29, 1.82) is 0 Å². The molecule has 0 aliphatic rings. The first-order chi connectivity index (χ1) is 8.15. The molecule has 0 radical (unpaired) electrons. The summed E-state index contributed by atoms with van der Waals surface area (Å²) in [5.74, 6) is 1.52. The summed E-state index contributed by atoms with van der Waals surface area (Å²) in [5.41, 5.74) is 1.10. The van der Waals surface area contributed by atoms with E-state index < -0.39 is 0 Å². The van der Waals surface area contributed by atoms with E-state index in [0.29, 0.717) is 0 Å². The lowest BCUT2D eigenvalue weighted by molar-refractivity contribution is 0.480. The Balaban J connectivity index is 2.21. The third kappa shape index (κ3) is 3.20. The van der Waals surface area contributed by atoms with Crippen LogP contribution in [0.4, 0.5) is 5.69 Å². The smallest absolute Gasteiger partial charge is 0.146 e. The van der Waals surface area contributed by atoms with Gasteiger partial charge in [-0.05, 0) is 34.1 Å². The summed E-state index contributed by atoms with van der Waals surface area (Å²) in [5, 5.41) is 0. The zero-order chi connectivity index (χ0) is 12.3. The molecule has 0 N–H and O–H groups in total. The van der Waals surface area contributed by atoms with Crippen molar-refractivity contribution < 1.29 is 4.74 Å². The first-order valence-electron chi connectivity index (χ1n) is 5.21. The van der Waals surface area contributed by atoms with E-state index in [2.05, 4.69) is 20.9 Å². The average Bonchev–Trinajstić information content (AvgIpc) is 2.29. The minimum Gasteiger partial charge on any atom is -0.456 e. The van der Waals surface area contributed by atoms with Gasteiger partial charge in [0.1, 0.15) is 11.5 Å². The predicted octanol–water partition coefficient (Wildman–Crippen LogP) is 3.70. The van der Waals surface area contributed by atoms with Crippen LogP contribution in [0.25, 0.3) is 0 Å². The highest BCUT2D eigenvalue weighted by atomic mass is 79.9. The Hall–Kier alpha value is -1.55. The van der Waals surface area contributed by atoms with Gasteiger partial charge in [-0.2, -0.15) is 0 Å². The van der Waals surface area contributed by atoms with Crippen molar-refractivity contribution in [2.24, 2.45) is 0 Å². The van der Waals surface area contributed by atoms with E-state index in [1.807, 2.05) is 49.3 Å². The van der Waals surface area contributed by atoms with Crippen molar-refractivity contribution in [1.82, 2.24) is 4.98 Å². The van der Waals surface area contributed by atoms with Gasteiger partial charge >= 0.3 is 0 Å². The van der Waals surface area contributed by atoms with E-state index in [0.717, 1.165) is 21.7 Å². The second-order valence-electron chi connectivity index (χ2n) is 3.83. The lowest BCUT2D eigenvalue weighted by Crippen LogP contribution is -2.08. The highest BCUT2D eigenvalue weighted by molar-refractivity contribution is 9.10. The Morgan fingerprint density at radius 1 is 1.12 bits per heavy atom. The van der Waals surface area contributed by atoms with Crippen LogP contribution < -0.4 is 9.64 Å². The van der Waals surface area contributed by atoms with E-state index >= 15 is 0 Å². The number of rotatable bonds is 3. The Morgan fingerprint density at radius 3 is 2.65 bits per heavy atom. The molecule has 2 aromatic rings. The first kappa shape index (κ1) is 11.9. The van der Waals surface area contributed by atoms with Crippen LogP contribution in [-0.4, -0.2) is 19.1 Å². The molecule has 0 fully saturated rings. The van der Waals surface area contributed by atoms with E-state index in [1.165, 1.54) is 0 Å². The summed E-state index contributed by atoms with van der Waals surface area (Å²) in [6, 6.07) is 9.80. The fourth-order valence-electron chi connectivity index (χ4n) is 1.41. The minimum atomic E-state index is 0.718. The SMILES string of the molecule is CN(C)c1cccc(Oc2cncc(Br)c2)c1. The molecule has 17 heavy (non-hydrogen) atoms. The van der Waals surface area contributed by atoms with E-state index in [9.17, 15) is 0 Å². The summed E-state index contributed by atoms with van der Waals surface area (Å²) in [6.07, 6.45) is 3.41. The number of hydrogen-bond donors (Lipinski definition) is 0. The number of pyridine rings is 1. The topological polar surface area (TPSA) is 25.4 Å². The van der Waals surface area contributed by atoms with Gasteiger partial charge in [-0.3, -0.25) is 4.98 Å². The van der Waals surface area contributed by atoms with Crippen LogP contribution in [0.1, 0.15) is 0 Å². The van der Waals surface area contributed by atoms with Gasteiger partial charge in [0, 0.05) is 36.5 Å². The molecule has 0 aliphatic carbocycles. The molecule has 3 nitrogen and oxygen atoms in total. The zero-order valence-electron chi connectivity index (χ0n) is 9.72. The molecule has 0 unspecified atom stereocenters. The molecular formula is C13H13BrN2O. The molecule has 0 bridgehead atoms. The molecule has 1 aromatic carbocycles. The Morgan fingerprint density at radius 2 is 1.94 bits per heavy atom. The van der Waals surface area contributed by atoms with Crippen molar-refractivity contribution >= 4 is 21.6 Å². The Kier molecular flexibility index (Phi) is 3.64. The van der Waals surface area contributed by atoms with Gasteiger partial charge in [0.05, 0.1) is 6.20 Å². The van der Waals surface area contributed by atoms with Crippen LogP contribution in [0.5, 0.6) is 11.5 Å². The lowest BCUT2D eigenvalue weighted by atomic mass is 10.3. The van der Waals surface area contributed by atoms with Crippen molar-refractivity contribution in [2.75, 3.05) is 19.0 Å². The van der Waals surface area contributed by atoms with Crippen LogP contribution in [-0.2, 0) is 0 Å². The van der Waals surface area contributed by atoms with Crippen LogP contribution in [0.2, 0.25) is 0 Å². The van der Waals surface area contributed by atoms with Crippen molar-refractivity contribution in [3.63, 3.8) is 0 Å². The highest BCUT2D eigenvalue weighted by Crippen LogP contribution is 2.26. The van der Waals surface area contributed by atoms with Crippen molar-refractivity contribution in [3.8, 4) is 11.5 Å². The maximum Gasteiger partial charge on any atom is 0.146 e. The Labute approximate surface area is 109 Å². The number of aromatic nitrogens is 1. The Bertz CT molecular complexity index is 514. The van der Waals surface area contributed by atoms with Crippen LogP contribution >= 0.6 is 15.9 Å². The quantitative estimate of drug-likeness (QED) is 0.862. The molecule has 0 amide bonds. The van der Waals surface area contributed by atoms with Gasteiger partial charge in [0.2, 0.25) is 0 Å². The van der Waals surface area contributed by atoms with Crippen LogP contribution in [0.3, 0.4) is 0 Å². The molecule has 0 atom stereocenters. The first-order valence-corrected chi connectivity index (χ1v) is 6.00. The highest BCUT2D eigenvalue weighted by Gasteiger charge is 2.01. The third-order valence-corrected chi connectivity index (χ3v) is 2.68. The summed E-state index contributed by atoms with van der Waals surface area (Å²) < 4.78 is 6.63. The second-order valence-corrected chi connectivity index (χ2v) is 4.75. The molecular weight excluding hydrogens is 280 g/mol. The second kappa shape index (κ2) is 5.19. The number of halogens is 1. The fraction of sp³-hybridized carbons (Fsp3) is 0.154. The molecule has 0 aliphatic heterocycles. The lowest BCUT2D eigenvalue weighted by Gasteiger charge is -2.13. The number of ether oxygens (including phenoxy) is 1. The molecule has 0 saturated carbocycles. The monoisotopic (exact) mass is 292 g/mol. The largest absolute Gasteiger partial charge is 0.456 e. The van der Waals surface area contributed by atoms with Gasteiger partial charge in [0.15, 0.2) is 0 Å². The molecule has 1 aromatic heterocycles. The summed E-state index contributed by atoms with van der Waals surface area (Å²) >= 11 is 3.36. The van der Waals surface area contributed by atoms with Gasteiger partial charge in [-0.15, -0.1) is 0 Å². The predicted molar refractivity (Wildman–Crippen MR) is 72.8 cm³/mol. The number of hydrogen-bond acceptors (Lipinski definition) is 3. The molecule has 4 heteroatoms. The number of nitrogens with zero attached hydrogens (tertiary/aromatic N) is 2. The van der Waals surface area contributed by atoms with Gasteiger partial charge in [-0.1, -0.05) is 6.07 Å². The normalized spacial score (nSPS) is 10.1. The summed E-state index contributed by atoms with van der Waals surface area (Å²) in [6.45, 7) is 0.